The van der Waals surface area contributed by atoms with E-state index in [1.807, 2.05) is 42.5 Å². The van der Waals surface area contributed by atoms with Gasteiger partial charge in [0.1, 0.15) is 0 Å². The smallest absolute Gasteiger partial charge is 0.251 e. The topological polar surface area (TPSA) is 49.4 Å². The standard InChI is InChI=1S/C17H15BrN2O2/c18-13-6-8-14(9-7-13)20-16(21)10-15(17(20)22)19-11-12-4-2-1-3-5-12/h1-9,15,19H,10-11H2. The summed E-state index contributed by atoms with van der Waals surface area (Å²) in [5.41, 5.74) is 1.70. The van der Waals surface area contributed by atoms with Crippen molar-refractivity contribution < 1.29 is 9.59 Å². The van der Waals surface area contributed by atoms with E-state index in [9.17, 15) is 9.59 Å². The summed E-state index contributed by atoms with van der Waals surface area (Å²) in [5.74, 6) is -0.360. The van der Waals surface area contributed by atoms with Gasteiger partial charge in [-0.3, -0.25) is 9.59 Å². The third-order valence-electron chi connectivity index (χ3n) is 3.63. The average molecular weight is 359 g/mol. The molecule has 0 bridgehead atoms. The molecule has 1 N–H and O–H groups in total. The Labute approximate surface area is 137 Å². The maximum atomic E-state index is 12.5. The average Bonchev–Trinajstić information content (AvgIpc) is 2.82. The number of anilines is 1. The van der Waals surface area contributed by atoms with Gasteiger partial charge in [-0.2, -0.15) is 0 Å². The fourth-order valence-corrected chi connectivity index (χ4v) is 2.75. The number of carbonyl (C=O) groups is 2. The van der Waals surface area contributed by atoms with Crippen molar-refractivity contribution in [3.8, 4) is 0 Å². The molecule has 1 aliphatic rings. The zero-order chi connectivity index (χ0) is 15.5. The molecular formula is C17H15BrN2O2. The van der Waals surface area contributed by atoms with Crippen LogP contribution in [0.25, 0.3) is 0 Å². The van der Waals surface area contributed by atoms with Gasteiger partial charge in [0.05, 0.1) is 18.2 Å². The number of hydrogen-bond donors (Lipinski definition) is 1. The minimum atomic E-state index is -0.462. The van der Waals surface area contributed by atoms with Crippen molar-refractivity contribution in [2.24, 2.45) is 0 Å². The Hall–Kier alpha value is -1.98. The Kier molecular flexibility index (Phi) is 4.36. The number of rotatable bonds is 4. The van der Waals surface area contributed by atoms with Crippen molar-refractivity contribution in [2.45, 2.75) is 19.0 Å². The molecule has 1 aliphatic heterocycles. The van der Waals surface area contributed by atoms with Crippen molar-refractivity contribution in [2.75, 3.05) is 4.90 Å². The molecule has 112 valence electrons. The number of imide groups is 1. The van der Waals surface area contributed by atoms with E-state index in [1.54, 1.807) is 12.1 Å². The first-order valence-corrected chi connectivity index (χ1v) is 7.84. The maximum Gasteiger partial charge on any atom is 0.251 e. The largest absolute Gasteiger partial charge is 0.301 e. The number of carbonyl (C=O) groups excluding carboxylic acids is 2. The third kappa shape index (κ3) is 3.10. The fraction of sp³-hybridized carbons (Fsp3) is 0.176. The van der Waals surface area contributed by atoms with Gasteiger partial charge in [0.2, 0.25) is 5.91 Å². The second kappa shape index (κ2) is 6.42. The summed E-state index contributed by atoms with van der Waals surface area (Å²) in [6.45, 7) is 0.568. The molecule has 5 heteroatoms. The first-order valence-electron chi connectivity index (χ1n) is 7.05. The Balaban J connectivity index is 1.70. The van der Waals surface area contributed by atoms with Crippen LogP contribution in [0.2, 0.25) is 0 Å². The minimum Gasteiger partial charge on any atom is -0.301 e. The number of benzene rings is 2. The van der Waals surface area contributed by atoms with E-state index in [-0.39, 0.29) is 18.2 Å². The van der Waals surface area contributed by atoms with Crippen LogP contribution in [0.1, 0.15) is 12.0 Å². The quantitative estimate of drug-likeness (QED) is 0.855. The molecule has 0 radical (unpaired) electrons. The monoisotopic (exact) mass is 358 g/mol. The van der Waals surface area contributed by atoms with Gasteiger partial charge in [-0.15, -0.1) is 0 Å². The highest BCUT2D eigenvalue weighted by molar-refractivity contribution is 9.10. The van der Waals surface area contributed by atoms with Gasteiger partial charge in [-0.25, -0.2) is 4.90 Å². The van der Waals surface area contributed by atoms with E-state index in [4.69, 9.17) is 0 Å². The van der Waals surface area contributed by atoms with Crippen LogP contribution >= 0.6 is 15.9 Å². The number of nitrogens with one attached hydrogen (secondary N) is 1. The van der Waals surface area contributed by atoms with Crippen LogP contribution in [0.4, 0.5) is 5.69 Å². The van der Waals surface area contributed by atoms with E-state index < -0.39 is 6.04 Å². The molecule has 0 saturated carbocycles. The summed E-state index contributed by atoms with van der Waals surface area (Å²) >= 11 is 3.35. The Bertz CT molecular complexity index is 686. The summed E-state index contributed by atoms with van der Waals surface area (Å²) in [6.07, 6.45) is 0.196. The molecule has 1 unspecified atom stereocenters. The molecule has 1 fully saturated rings. The Morgan fingerprint density at radius 2 is 1.73 bits per heavy atom. The van der Waals surface area contributed by atoms with Gasteiger partial charge in [0.25, 0.3) is 5.91 Å². The van der Waals surface area contributed by atoms with E-state index in [0.29, 0.717) is 12.2 Å². The van der Waals surface area contributed by atoms with Gasteiger partial charge in [-0.05, 0) is 29.8 Å². The van der Waals surface area contributed by atoms with Crippen molar-refractivity contribution in [3.05, 3.63) is 64.6 Å². The first-order chi connectivity index (χ1) is 10.6. The van der Waals surface area contributed by atoms with E-state index in [1.165, 1.54) is 4.90 Å². The van der Waals surface area contributed by atoms with Crippen LogP contribution in [-0.4, -0.2) is 17.9 Å². The van der Waals surface area contributed by atoms with Gasteiger partial charge >= 0.3 is 0 Å². The van der Waals surface area contributed by atoms with Crippen molar-refractivity contribution in [3.63, 3.8) is 0 Å². The van der Waals surface area contributed by atoms with Crippen LogP contribution in [0.3, 0.4) is 0 Å². The summed E-state index contributed by atoms with van der Waals surface area (Å²) in [7, 11) is 0. The van der Waals surface area contributed by atoms with Crippen LogP contribution < -0.4 is 10.2 Å². The second-order valence-electron chi connectivity index (χ2n) is 5.17. The molecule has 1 saturated heterocycles. The van der Waals surface area contributed by atoms with Gasteiger partial charge in [0.15, 0.2) is 0 Å². The van der Waals surface area contributed by atoms with Gasteiger partial charge in [-0.1, -0.05) is 46.3 Å². The minimum absolute atomic E-state index is 0.169. The Morgan fingerprint density at radius 3 is 2.41 bits per heavy atom. The van der Waals surface area contributed by atoms with Crippen LogP contribution in [0, 0.1) is 0 Å². The normalized spacial score (nSPS) is 18.0. The van der Waals surface area contributed by atoms with Gasteiger partial charge < -0.3 is 5.32 Å². The van der Waals surface area contributed by atoms with E-state index in [0.717, 1.165) is 10.0 Å². The maximum absolute atomic E-state index is 12.5. The van der Waals surface area contributed by atoms with Crippen molar-refractivity contribution >= 4 is 33.4 Å². The molecule has 3 rings (SSSR count). The SMILES string of the molecule is O=C1CC(NCc2ccccc2)C(=O)N1c1ccc(Br)cc1. The number of nitrogens with zero attached hydrogens (tertiary/aromatic N) is 1. The lowest BCUT2D eigenvalue weighted by molar-refractivity contribution is -0.121. The molecule has 1 heterocycles. The second-order valence-corrected chi connectivity index (χ2v) is 6.08. The van der Waals surface area contributed by atoms with Gasteiger partial charge in [0, 0.05) is 11.0 Å². The molecule has 1 atom stereocenters. The van der Waals surface area contributed by atoms with E-state index >= 15 is 0 Å². The molecule has 2 amide bonds. The Morgan fingerprint density at radius 1 is 1.05 bits per heavy atom. The number of amides is 2. The highest BCUT2D eigenvalue weighted by Crippen LogP contribution is 2.24. The zero-order valence-corrected chi connectivity index (χ0v) is 13.4. The predicted octanol–water partition coefficient (Wildman–Crippen LogP) is 2.87. The molecule has 2 aromatic rings. The lowest BCUT2D eigenvalue weighted by atomic mass is 10.2. The molecule has 0 spiro atoms. The highest BCUT2D eigenvalue weighted by atomic mass is 79.9. The molecular weight excluding hydrogens is 344 g/mol. The summed E-state index contributed by atoms with van der Waals surface area (Å²) in [4.78, 5) is 25.9. The van der Waals surface area contributed by atoms with Crippen molar-refractivity contribution in [1.82, 2.24) is 5.32 Å². The number of halogens is 1. The molecule has 22 heavy (non-hydrogen) atoms. The van der Waals surface area contributed by atoms with Crippen LogP contribution in [-0.2, 0) is 16.1 Å². The summed E-state index contributed by atoms with van der Waals surface area (Å²) in [6, 6.07) is 16.5. The lowest BCUT2D eigenvalue weighted by Crippen LogP contribution is -2.38. The lowest BCUT2D eigenvalue weighted by Gasteiger charge is -2.15. The predicted molar refractivity (Wildman–Crippen MR) is 88.3 cm³/mol. The van der Waals surface area contributed by atoms with E-state index in [2.05, 4.69) is 21.2 Å². The molecule has 4 nitrogen and oxygen atoms in total. The van der Waals surface area contributed by atoms with Crippen molar-refractivity contribution in [1.29, 1.82) is 0 Å². The van der Waals surface area contributed by atoms with Crippen LogP contribution in [0.5, 0.6) is 0 Å². The van der Waals surface area contributed by atoms with Crippen LogP contribution in [0.15, 0.2) is 59.1 Å². The summed E-state index contributed by atoms with van der Waals surface area (Å²) in [5, 5.41) is 3.17. The number of hydrogen-bond acceptors (Lipinski definition) is 3. The third-order valence-corrected chi connectivity index (χ3v) is 4.16. The fourth-order valence-electron chi connectivity index (χ4n) is 2.49. The summed E-state index contributed by atoms with van der Waals surface area (Å²) < 4.78 is 0.911. The molecule has 0 aromatic heterocycles. The highest BCUT2D eigenvalue weighted by Gasteiger charge is 2.39. The first kappa shape index (κ1) is 14.9. The zero-order valence-electron chi connectivity index (χ0n) is 11.8. The molecule has 0 aliphatic carbocycles. The molecule has 2 aromatic carbocycles.